The van der Waals surface area contributed by atoms with Crippen LogP contribution in [0.3, 0.4) is 0 Å². The van der Waals surface area contributed by atoms with Crippen LogP contribution in [0.4, 0.5) is 0 Å². The average molecular weight is 391 g/mol. The molecule has 0 saturated carbocycles. The highest BCUT2D eigenvalue weighted by Gasteiger charge is 1.94. The van der Waals surface area contributed by atoms with E-state index >= 15 is 0 Å². The highest BCUT2D eigenvalue weighted by Crippen LogP contribution is 1.99. The first kappa shape index (κ1) is 23.8. The molecule has 0 bridgehead atoms. The van der Waals surface area contributed by atoms with Gasteiger partial charge in [0.05, 0.1) is 52.9 Å². The van der Waals surface area contributed by atoms with Gasteiger partial charge < -0.3 is 28.4 Å². The highest BCUT2D eigenvalue weighted by molar-refractivity contribution is 7.99. The van der Waals surface area contributed by atoms with Gasteiger partial charge in [0.25, 0.3) is 0 Å². The monoisotopic (exact) mass is 390 g/mol. The molecule has 0 unspecified atom stereocenters. The number of rotatable bonds is 20. The molecule has 140 valence electrons. The molecular formula is C14H30O6S3. The number of thioether (sulfide) groups is 1. The van der Waals surface area contributed by atoms with E-state index in [-0.39, 0.29) is 0 Å². The molecule has 0 radical (unpaired) electrons. The Morgan fingerprint density at radius 2 is 0.870 bits per heavy atom. The summed E-state index contributed by atoms with van der Waals surface area (Å²) in [5.41, 5.74) is 0. The van der Waals surface area contributed by atoms with Gasteiger partial charge in [0, 0.05) is 23.0 Å². The van der Waals surface area contributed by atoms with Crippen LogP contribution in [0.2, 0.25) is 0 Å². The van der Waals surface area contributed by atoms with Crippen molar-refractivity contribution in [3.8, 4) is 0 Å². The Kier molecular flexibility index (Phi) is 23.6. The summed E-state index contributed by atoms with van der Waals surface area (Å²) < 4.78 is 31.6. The van der Waals surface area contributed by atoms with Gasteiger partial charge in [-0.25, -0.2) is 0 Å². The normalized spacial score (nSPS) is 11.2. The quantitative estimate of drug-likeness (QED) is 0.186. The molecule has 0 aliphatic rings. The Balaban J connectivity index is 2.92. The third-order valence-electron chi connectivity index (χ3n) is 2.29. The second-order valence-electron chi connectivity index (χ2n) is 4.15. The van der Waals surface area contributed by atoms with Crippen LogP contribution in [0.15, 0.2) is 0 Å². The number of thiol groups is 2. The largest absolute Gasteiger partial charge is 0.378 e. The molecule has 0 amide bonds. The van der Waals surface area contributed by atoms with Crippen molar-refractivity contribution in [3.05, 3.63) is 0 Å². The maximum atomic E-state index is 5.43. The van der Waals surface area contributed by atoms with Gasteiger partial charge in [-0.05, 0) is 0 Å². The molecule has 23 heavy (non-hydrogen) atoms. The Labute approximate surface area is 155 Å². The lowest BCUT2D eigenvalue weighted by atomic mass is 10.7. The van der Waals surface area contributed by atoms with Crippen molar-refractivity contribution >= 4 is 37.0 Å². The molecule has 0 saturated heterocycles. The Morgan fingerprint density at radius 1 is 0.478 bits per heavy atom. The minimum Gasteiger partial charge on any atom is -0.378 e. The fraction of sp³-hybridized carbons (Fsp3) is 1.00. The first-order valence-corrected chi connectivity index (χ1v) is 10.1. The second-order valence-corrected chi connectivity index (χ2v) is 6.27. The van der Waals surface area contributed by atoms with E-state index < -0.39 is 0 Å². The van der Waals surface area contributed by atoms with Crippen LogP contribution >= 0.6 is 37.0 Å². The summed E-state index contributed by atoms with van der Waals surface area (Å²) in [7, 11) is 0. The number of hydrogen-bond donors (Lipinski definition) is 2. The molecule has 0 N–H and O–H groups in total. The van der Waals surface area contributed by atoms with Crippen molar-refractivity contribution in [2.75, 3.05) is 89.5 Å². The van der Waals surface area contributed by atoms with Crippen molar-refractivity contribution < 1.29 is 28.4 Å². The molecule has 6 nitrogen and oxygen atoms in total. The molecule has 0 aromatic carbocycles. The molecule has 0 aliphatic carbocycles. The summed E-state index contributed by atoms with van der Waals surface area (Å²) in [4.78, 5) is 0. The summed E-state index contributed by atoms with van der Waals surface area (Å²) >= 11 is 9.86. The molecule has 9 heteroatoms. The van der Waals surface area contributed by atoms with Crippen LogP contribution in [0, 0.1) is 0 Å². The van der Waals surface area contributed by atoms with E-state index in [2.05, 4.69) is 25.3 Å². The van der Waals surface area contributed by atoms with Crippen molar-refractivity contribution in [1.82, 2.24) is 0 Å². The summed E-state index contributed by atoms with van der Waals surface area (Å²) in [6, 6.07) is 0. The molecule has 0 rings (SSSR count). The predicted octanol–water partition coefficient (Wildman–Crippen LogP) is 1.59. The Hall–Kier alpha value is 0.810. The lowest BCUT2D eigenvalue weighted by Crippen LogP contribution is -2.10. The molecule has 0 aliphatic heterocycles. The highest BCUT2D eigenvalue weighted by atomic mass is 32.2. The number of ether oxygens (including phenoxy) is 6. The van der Waals surface area contributed by atoms with Crippen molar-refractivity contribution in [3.63, 3.8) is 0 Å². The van der Waals surface area contributed by atoms with Gasteiger partial charge in [-0.2, -0.15) is 37.0 Å². The molecule has 0 heterocycles. The van der Waals surface area contributed by atoms with Gasteiger partial charge in [0.1, 0.15) is 13.6 Å². The van der Waals surface area contributed by atoms with E-state index in [4.69, 9.17) is 28.4 Å². The molecule has 0 atom stereocenters. The fourth-order valence-electron chi connectivity index (χ4n) is 1.26. The van der Waals surface area contributed by atoms with Crippen LogP contribution in [0.1, 0.15) is 0 Å². The summed E-state index contributed by atoms with van der Waals surface area (Å²) in [5.74, 6) is 3.31. The van der Waals surface area contributed by atoms with E-state index in [1.165, 1.54) is 0 Å². The van der Waals surface area contributed by atoms with E-state index in [9.17, 15) is 0 Å². The van der Waals surface area contributed by atoms with Gasteiger partial charge in [-0.3, -0.25) is 0 Å². The first-order valence-electron chi connectivity index (χ1n) is 7.67. The molecular weight excluding hydrogens is 360 g/mol. The third kappa shape index (κ3) is 22.8. The maximum absolute atomic E-state index is 5.43. The van der Waals surface area contributed by atoms with Crippen molar-refractivity contribution in [2.45, 2.75) is 0 Å². The van der Waals surface area contributed by atoms with Gasteiger partial charge in [-0.1, -0.05) is 0 Å². The van der Waals surface area contributed by atoms with E-state index in [0.29, 0.717) is 72.2 Å². The standard InChI is InChI=1S/C14H30O6S3/c21-9-5-15-1-3-18-14-20-8-12-23-11-7-16-2-4-17-13-19-6-10-22/h21-22H,1-14H2. The van der Waals surface area contributed by atoms with Crippen molar-refractivity contribution in [2.24, 2.45) is 0 Å². The zero-order chi connectivity index (χ0) is 16.8. The van der Waals surface area contributed by atoms with Gasteiger partial charge in [0.15, 0.2) is 0 Å². The smallest absolute Gasteiger partial charge is 0.146 e. The summed E-state index contributed by atoms with van der Waals surface area (Å²) in [6.07, 6.45) is 0. The molecule has 0 fully saturated rings. The predicted molar refractivity (Wildman–Crippen MR) is 100 cm³/mol. The third-order valence-corrected chi connectivity index (χ3v) is 3.57. The molecule has 0 spiro atoms. The first-order chi connectivity index (χ1) is 11.4. The maximum Gasteiger partial charge on any atom is 0.146 e. The zero-order valence-corrected chi connectivity index (χ0v) is 16.3. The van der Waals surface area contributed by atoms with Crippen LogP contribution in [0.25, 0.3) is 0 Å². The molecule has 0 aromatic rings. The van der Waals surface area contributed by atoms with E-state index in [1.54, 1.807) is 11.8 Å². The van der Waals surface area contributed by atoms with E-state index in [1.807, 2.05) is 0 Å². The van der Waals surface area contributed by atoms with Crippen LogP contribution in [-0.2, 0) is 28.4 Å². The van der Waals surface area contributed by atoms with E-state index in [0.717, 1.165) is 17.3 Å². The second kappa shape index (κ2) is 22.8. The van der Waals surface area contributed by atoms with Crippen molar-refractivity contribution in [1.29, 1.82) is 0 Å². The fourth-order valence-corrected chi connectivity index (χ4v) is 2.19. The minimum atomic E-state index is 0.305. The van der Waals surface area contributed by atoms with Crippen LogP contribution in [-0.4, -0.2) is 89.5 Å². The van der Waals surface area contributed by atoms with Crippen LogP contribution < -0.4 is 0 Å². The Bertz CT molecular complexity index is 195. The lowest BCUT2D eigenvalue weighted by Gasteiger charge is -2.07. The molecule has 0 aromatic heterocycles. The number of hydrogen-bond acceptors (Lipinski definition) is 9. The SMILES string of the molecule is SCCOCCOCOCCSCCOCCOCOCCS. The minimum absolute atomic E-state index is 0.305. The summed E-state index contributed by atoms with van der Waals surface area (Å²) in [6.45, 7) is 5.54. The van der Waals surface area contributed by atoms with Gasteiger partial charge in [0.2, 0.25) is 0 Å². The average Bonchev–Trinajstić information content (AvgIpc) is 2.57. The Morgan fingerprint density at radius 3 is 1.48 bits per heavy atom. The topological polar surface area (TPSA) is 55.4 Å². The lowest BCUT2D eigenvalue weighted by molar-refractivity contribution is -0.0643. The zero-order valence-electron chi connectivity index (χ0n) is 13.7. The van der Waals surface area contributed by atoms with Crippen LogP contribution in [0.5, 0.6) is 0 Å². The summed E-state index contributed by atoms with van der Waals surface area (Å²) in [5, 5.41) is 0. The van der Waals surface area contributed by atoms with Gasteiger partial charge in [-0.15, -0.1) is 0 Å². The van der Waals surface area contributed by atoms with Gasteiger partial charge >= 0.3 is 0 Å².